The summed E-state index contributed by atoms with van der Waals surface area (Å²) < 4.78 is 0. The Morgan fingerprint density at radius 2 is 1.81 bits per heavy atom. The Morgan fingerprint density at radius 3 is 2.29 bits per heavy atom. The number of benzene rings is 1. The Bertz CT molecular complexity index is 524. The number of anilines is 1. The van der Waals surface area contributed by atoms with Crippen molar-refractivity contribution in [3.05, 3.63) is 35.9 Å². The van der Waals surface area contributed by atoms with Crippen molar-refractivity contribution in [2.24, 2.45) is 11.3 Å². The minimum atomic E-state index is -0.983. The van der Waals surface area contributed by atoms with Crippen LogP contribution in [0.3, 0.4) is 0 Å². The van der Waals surface area contributed by atoms with Crippen LogP contribution in [0.25, 0.3) is 6.08 Å². The van der Waals surface area contributed by atoms with E-state index in [2.05, 4.69) is 33.0 Å². The number of hydrogen-bond acceptors (Lipinski definition) is 2. The zero-order valence-electron chi connectivity index (χ0n) is 13.0. The Balaban J connectivity index is 2.60. The van der Waals surface area contributed by atoms with Gasteiger partial charge in [0, 0.05) is 18.2 Å². The Hall–Kier alpha value is -2.10. The minimum Gasteiger partial charge on any atom is -0.478 e. The number of aliphatic carboxylic acids is 1. The van der Waals surface area contributed by atoms with Crippen molar-refractivity contribution in [1.82, 2.24) is 0 Å². The lowest BCUT2D eigenvalue weighted by molar-refractivity contribution is -0.131. The van der Waals surface area contributed by atoms with Gasteiger partial charge in [-0.05, 0) is 35.1 Å². The second-order valence-corrected chi connectivity index (χ2v) is 6.31. The third kappa shape index (κ3) is 6.25. The molecule has 0 saturated carbocycles. The molecule has 1 aromatic carbocycles. The van der Waals surface area contributed by atoms with E-state index in [-0.39, 0.29) is 17.2 Å². The highest BCUT2D eigenvalue weighted by atomic mass is 16.4. The molecule has 0 heterocycles. The van der Waals surface area contributed by atoms with E-state index in [9.17, 15) is 9.59 Å². The van der Waals surface area contributed by atoms with E-state index in [4.69, 9.17) is 5.11 Å². The third-order valence-electron chi connectivity index (χ3n) is 3.58. The number of carbonyl (C=O) groups is 2. The Morgan fingerprint density at radius 1 is 1.24 bits per heavy atom. The molecule has 0 aliphatic rings. The molecule has 1 aromatic rings. The van der Waals surface area contributed by atoms with Crippen LogP contribution in [-0.2, 0) is 9.59 Å². The molecule has 0 saturated heterocycles. The SMILES string of the molecule is CC(CC(=O)Nc1ccc(C=CC(=O)O)cc1)C(C)(C)C. The number of amides is 1. The van der Waals surface area contributed by atoms with Crippen molar-refractivity contribution in [2.45, 2.75) is 34.1 Å². The summed E-state index contributed by atoms with van der Waals surface area (Å²) in [5, 5.41) is 11.4. The smallest absolute Gasteiger partial charge is 0.328 e. The fourth-order valence-electron chi connectivity index (χ4n) is 1.64. The fraction of sp³-hybridized carbons (Fsp3) is 0.412. The van der Waals surface area contributed by atoms with Crippen LogP contribution < -0.4 is 5.32 Å². The van der Waals surface area contributed by atoms with Crippen molar-refractivity contribution >= 4 is 23.6 Å². The fourth-order valence-corrected chi connectivity index (χ4v) is 1.64. The first-order valence-corrected chi connectivity index (χ1v) is 6.99. The van der Waals surface area contributed by atoms with E-state index >= 15 is 0 Å². The van der Waals surface area contributed by atoms with Gasteiger partial charge in [-0.3, -0.25) is 4.79 Å². The lowest BCUT2D eigenvalue weighted by atomic mass is 9.80. The van der Waals surface area contributed by atoms with Gasteiger partial charge in [-0.25, -0.2) is 4.79 Å². The monoisotopic (exact) mass is 289 g/mol. The van der Waals surface area contributed by atoms with Gasteiger partial charge in [0.1, 0.15) is 0 Å². The van der Waals surface area contributed by atoms with Crippen LogP contribution in [-0.4, -0.2) is 17.0 Å². The maximum absolute atomic E-state index is 12.0. The molecule has 0 bridgehead atoms. The average Bonchev–Trinajstić information content (AvgIpc) is 2.36. The predicted molar refractivity (Wildman–Crippen MR) is 85.0 cm³/mol. The van der Waals surface area contributed by atoms with Crippen LogP contribution in [0.15, 0.2) is 30.3 Å². The summed E-state index contributed by atoms with van der Waals surface area (Å²) in [5.41, 5.74) is 1.59. The number of nitrogens with one attached hydrogen (secondary N) is 1. The van der Waals surface area contributed by atoms with E-state index in [0.29, 0.717) is 12.1 Å². The molecule has 0 aliphatic carbocycles. The van der Waals surface area contributed by atoms with E-state index in [1.54, 1.807) is 24.3 Å². The summed E-state index contributed by atoms with van der Waals surface area (Å²) in [6.07, 6.45) is 3.07. The molecule has 0 aliphatic heterocycles. The summed E-state index contributed by atoms with van der Waals surface area (Å²) >= 11 is 0. The summed E-state index contributed by atoms with van der Waals surface area (Å²) in [7, 11) is 0. The zero-order chi connectivity index (χ0) is 16.0. The Labute approximate surface area is 125 Å². The maximum Gasteiger partial charge on any atom is 0.328 e. The van der Waals surface area contributed by atoms with Gasteiger partial charge in [0.25, 0.3) is 0 Å². The van der Waals surface area contributed by atoms with Gasteiger partial charge in [-0.2, -0.15) is 0 Å². The van der Waals surface area contributed by atoms with Crippen LogP contribution in [0.1, 0.15) is 39.7 Å². The van der Waals surface area contributed by atoms with Crippen molar-refractivity contribution in [3.8, 4) is 0 Å². The molecule has 0 radical (unpaired) electrons. The molecule has 2 N–H and O–H groups in total. The normalized spacial score (nSPS) is 13.1. The zero-order valence-corrected chi connectivity index (χ0v) is 13.0. The van der Waals surface area contributed by atoms with E-state index in [1.165, 1.54) is 6.08 Å². The second-order valence-electron chi connectivity index (χ2n) is 6.31. The van der Waals surface area contributed by atoms with Gasteiger partial charge in [0.2, 0.25) is 5.91 Å². The van der Waals surface area contributed by atoms with Crippen molar-refractivity contribution in [2.75, 3.05) is 5.32 Å². The largest absolute Gasteiger partial charge is 0.478 e. The number of rotatable bonds is 5. The van der Waals surface area contributed by atoms with Crippen LogP contribution in [0.5, 0.6) is 0 Å². The highest BCUT2D eigenvalue weighted by Crippen LogP contribution is 2.28. The quantitative estimate of drug-likeness (QED) is 0.810. The van der Waals surface area contributed by atoms with Gasteiger partial charge in [0.05, 0.1) is 0 Å². The van der Waals surface area contributed by atoms with Crippen LogP contribution >= 0.6 is 0 Å². The summed E-state index contributed by atoms with van der Waals surface area (Å²) in [6, 6.07) is 7.06. The molecule has 1 rings (SSSR count). The van der Waals surface area contributed by atoms with Crippen LogP contribution in [0, 0.1) is 11.3 Å². The molecule has 1 amide bonds. The van der Waals surface area contributed by atoms with Crippen molar-refractivity contribution < 1.29 is 14.7 Å². The highest BCUT2D eigenvalue weighted by molar-refractivity contribution is 5.91. The molecule has 114 valence electrons. The first kappa shape index (κ1) is 17.0. The van der Waals surface area contributed by atoms with E-state index in [1.807, 2.05) is 0 Å². The highest BCUT2D eigenvalue weighted by Gasteiger charge is 2.22. The standard InChI is InChI=1S/C17H23NO3/c1-12(17(2,3)4)11-15(19)18-14-8-5-13(6-9-14)7-10-16(20)21/h5-10,12H,11H2,1-4H3,(H,18,19)(H,20,21). The first-order valence-electron chi connectivity index (χ1n) is 6.99. The predicted octanol–water partition coefficient (Wildman–Crippen LogP) is 3.80. The molecular formula is C17H23NO3. The Kier molecular flexibility index (Phi) is 5.70. The molecular weight excluding hydrogens is 266 g/mol. The molecule has 4 heteroatoms. The average molecular weight is 289 g/mol. The molecule has 0 aromatic heterocycles. The molecule has 4 nitrogen and oxygen atoms in total. The first-order chi connectivity index (χ1) is 9.68. The van der Waals surface area contributed by atoms with Crippen molar-refractivity contribution in [1.29, 1.82) is 0 Å². The van der Waals surface area contributed by atoms with E-state index < -0.39 is 5.97 Å². The molecule has 0 fully saturated rings. The molecule has 0 spiro atoms. The number of carbonyl (C=O) groups excluding carboxylic acids is 1. The van der Waals surface area contributed by atoms with Gasteiger partial charge >= 0.3 is 5.97 Å². The van der Waals surface area contributed by atoms with Crippen LogP contribution in [0.4, 0.5) is 5.69 Å². The van der Waals surface area contributed by atoms with Gasteiger partial charge in [-0.1, -0.05) is 39.8 Å². The minimum absolute atomic E-state index is 0.00810. The van der Waals surface area contributed by atoms with Gasteiger partial charge in [0.15, 0.2) is 0 Å². The number of carboxylic acids is 1. The second kappa shape index (κ2) is 7.07. The molecule has 21 heavy (non-hydrogen) atoms. The maximum atomic E-state index is 12.0. The third-order valence-corrected chi connectivity index (χ3v) is 3.58. The topological polar surface area (TPSA) is 66.4 Å². The van der Waals surface area contributed by atoms with Gasteiger partial charge < -0.3 is 10.4 Å². The summed E-state index contributed by atoms with van der Waals surface area (Å²) in [6.45, 7) is 8.43. The van der Waals surface area contributed by atoms with Crippen LogP contribution in [0.2, 0.25) is 0 Å². The number of carboxylic acid groups (broad SMARTS) is 1. The summed E-state index contributed by atoms with van der Waals surface area (Å²) in [5.74, 6) is -0.704. The lowest BCUT2D eigenvalue weighted by Gasteiger charge is -2.26. The molecule has 1 unspecified atom stereocenters. The van der Waals surface area contributed by atoms with E-state index in [0.717, 1.165) is 11.6 Å². The number of hydrogen-bond donors (Lipinski definition) is 2. The lowest BCUT2D eigenvalue weighted by Crippen LogP contribution is -2.23. The van der Waals surface area contributed by atoms with Gasteiger partial charge in [-0.15, -0.1) is 0 Å². The summed E-state index contributed by atoms with van der Waals surface area (Å²) in [4.78, 5) is 22.4. The van der Waals surface area contributed by atoms with Crippen molar-refractivity contribution in [3.63, 3.8) is 0 Å². The molecule has 1 atom stereocenters.